The number of hydrogen-bond acceptors (Lipinski definition) is 3. The van der Waals surface area contributed by atoms with Crippen molar-refractivity contribution in [3.05, 3.63) is 23.8 Å². The summed E-state index contributed by atoms with van der Waals surface area (Å²) in [5.74, 6) is 2.75. The number of carbonyl (C=O) groups excluding carboxylic acids is 1. The topological polar surface area (TPSA) is 55.1 Å². The quantitative estimate of drug-likeness (QED) is 0.608. The van der Waals surface area contributed by atoms with E-state index >= 15 is 0 Å². The lowest BCUT2D eigenvalue weighted by Gasteiger charge is -2.17. The van der Waals surface area contributed by atoms with Crippen LogP contribution in [0.5, 0.6) is 0 Å². The summed E-state index contributed by atoms with van der Waals surface area (Å²) in [6.07, 6.45) is 5.62. The van der Waals surface area contributed by atoms with Gasteiger partial charge in [0.25, 0.3) is 0 Å². The number of ketones is 1. The Morgan fingerprint density at radius 1 is 1.32 bits per heavy atom. The third kappa shape index (κ3) is 2.91. The van der Waals surface area contributed by atoms with Crippen molar-refractivity contribution >= 4 is 17.2 Å². The van der Waals surface area contributed by atoms with E-state index in [1.807, 2.05) is 18.2 Å². The Labute approximate surface area is 114 Å². The van der Waals surface area contributed by atoms with Gasteiger partial charge in [0.15, 0.2) is 5.78 Å². The fourth-order valence-electron chi connectivity index (χ4n) is 2.97. The van der Waals surface area contributed by atoms with Gasteiger partial charge in [-0.3, -0.25) is 4.79 Å². The first-order valence-electron chi connectivity index (χ1n) is 7.29. The Kier molecular flexibility index (Phi) is 3.21. The highest BCUT2D eigenvalue weighted by Crippen LogP contribution is 2.49. The number of nitrogens with two attached hydrogens (primary N) is 1. The minimum absolute atomic E-state index is 0.0297. The number of rotatable bonds is 6. The van der Waals surface area contributed by atoms with Gasteiger partial charge in [-0.15, -0.1) is 0 Å². The largest absolute Gasteiger partial charge is 0.398 e. The van der Waals surface area contributed by atoms with E-state index < -0.39 is 0 Å². The second-order valence-electron chi connectivity index (χ2n) is 6.08. The number of nitrogens with one attached hydrogen (secondary N) is 1. The molecule has 3 nitrogen and oxygen atoms in total. The number of hydrogen-bond donors (Lipinski definition) is 2. The Morgan fingerprint density at radius 3 is 2.47 bits per heavy atom. The molecule has 0 bridgehead atoms. The van der Waals surface area contributed by atoms with Crippen LogP contribution in [0, 0.1) is 17.8 Å². The maximum Gasteiger partial charge on any atom is 0.161 e. The second kappa shape index (κ2) is 4.87. The van der Waals surface area contributed by atoms with Crippen LogP contribution in [-0.2, 0) is 0 Å². The highest BCUT2D eigenvalue weighted by Gasteiger charge is 2.40. The van der Waals surface area contributed by atoms with Crippen LogP contribution in [-0.4, -0.2) is 12.3 Å². The van der Waals surface area contributed by atoms with Crippen molar-refractivity contribution in [3.63, 3.8) is 0 Å². The minimum Gasteiger partial charge on any atom is -0.398 e. The van der Waals surface area contributed by atoms with Crippen LogP contribution in [0.15, 0.2) is 18.2 Å². The van der Waals surface area contributed by atoms with Crippen LogP contribution in [0.25, 0.3) is 0 Å². The van der Waals surface area contributed by atoms with Crippen molar-refractivity contribution in [1.29, 1.82) is 0 Å². The molecule has 0 aromatic heterocycles. The van der Waals surface area contributed by atoms with E-state index in [1.165, 1.54) is 25.7 Å². The molecule has 2 saturated carbocycles. The number of nitrogen functional groups attached to an aromatic ring is 1. The molecule has 2 fully saturated rings. The Hall–Kier alpha value is -1.51. The minimum atomic E-state index is 0.0297. The molecule has 1 aromatic carbocycles. The molecule has 0 radical (unpaired) electrons. The molecule has 0 spiro atoms. The van der Waals surface area contributed by atoms with Gasteiger partial charge in [-0.1, -0.05) is 0 Å². The molecule has 19 heavy (non-hydrogen) atoms. The molecule has 3 heteroatoms. The number of benzene rings is 1. The summed E-state index contributed by atoms with van der Waals surface area (Å²) in [5.41, 5.74) is 8.03. The Balaban J connectivity index is 1.65. The summed E-state index contributed by atoms with van der Waals surface area (Å²) < 4.78 is 0. The fraction of sp³-hybridized carbons (Fsp3) is 0.562. The first-order valence-corrected chi connectivity index (χ1v) is 7.29. The highest BCUT2D eigenvalue weighted by molar-refractivity contribution is 5.99. The molecule has 0 unspecified atom stereocenters. The predicted octanol–water partition coefficient (Wildman–Crippen LogP) is 3.32. The van der Waals surface area contributed by atoms with Crippen molar-refractivity contribution in [2.75, 3.05) is 17.6 Å². The smallest absolute Gasteiger partial charge is 0.161 e. The monoisotopic (exact) mass is 258 g/mol. The van der Waals surface area contributed by atoms with Crippen molar-refractivity contribution in [1.82, 2.24) is 0 Å². The number of anilines is 2. The van der Waals surface area contributed by atoms with Crippen molar-refractivity contribution in [3.8, 4) is 0 Å². The van der Waals surface area contributed by atoms with E-state index in [-0.39, 0.29) is 5.78 Å². The van der Waals surface area contributed by atoms with E-state index in [0.717, 1.165) is 30.0 Å². The summed E-state index contributed by atoms with van der Waals surface area (Å²) in [6, 6.07) is 5.68. The summed E-state index contributed by atoms with van der Waals surface area (Å²) in [7, 11) is 0. The fourth-order valence-corrected chi connectivity index (χ4v) is 2.97. The predicted molar refractivity (Wildman–Crippen MR) is 78.3 cm³/mol. The lowest BCUT2D eigenvalue weighted by Crippen LogP contribution is -2.18. The van der Waals surface area contributed by atoms with Crippen molar-refractivity contribution in [2.24, 2.45) is 17.8 Å². The Morgan fingerprint density at radius 2 is 1.95 bits per heavy atom. The molecule has 0 atom stereocenters. The number of carbonyl (C=O) groups is 1. The molecular weight excluding hydrogens is 236 g/mol. The molecule has 0 saturated heterocycles. The summed E-state index contributed by atoms with van der Waals surface area (Å²) in [5, 5.41) is 3.50. The van der Waals surface area contributed by atoms with Crippen molar-refractivity contribution < 1.29 is 4.79 Å². The van der Waals surface area contributed by atoms with E-state index in [9.17, 15) is 4.79 Å². The zero-order valence-corrected chi connectivity index (χ0v) is 11.5. The van der Waals surface area contributed by atoms with Crippen LogP contribution in [0.4, 0.5) is 11.4 Å². The Bertz CT molecular complexity index is 478. The SMILES string of the molecule is CC(=O)c1cc(NCC(C2CC2)C2CC2)ccc1N. The third-order valence-corrected chi connectivity index (χ3v) is 4.43. The third-order valence-electron chi connectivity index (χ3n) is 4.43. The van der Waals surface area contributed by atoms with E-state index in [1.54, 1.807) is 6.92 Å². The first-order chi connectivity index (χ1) is 9.15. The first kappa shape index (κ1) is 12.5. The molecule has 102 valence electrons. The molecular formula is C16H22N2O. The van der Waals surface area contributed by atoms with Crippen molar-refractivity contribution in [2.45, 2.75) is 32.6 Å². The highest BCUT2D eigenvalue weighted by atomic mass is 16.1. The van der Waals surface area contributed by atoms with E-state index in [0.29, 0.717) is 11.3 Å². The maximum atomic E-state index is 11.5. The summed E-state index contributed by atoms with van der Waals surface area (Å²) >= 11 is 0. The maximum absolute atomic E-state index is 11.5. The second-order valence-corrected chi connectivity index (χ2v) is 6.08. The summed E-state index contributed by atoms with van der Waals surface area (Å²) in [6.45, 7) is 2.60. The van der Waals surface area contributed by atoms with E-state index in [4.69, 9.17) is 5.73 Å². The van der Waals surface area contributed by atoms with Gasteiger partial charge >= 0.3 is 0 Å². The van der Waals surface area contributed by atoms with Crippen LogP contribution in [0.3, 0.4) is 0 Å². The zero-order valence-electron chi connectivity index (χ0n) is 11.5. The van der Waals surface area contributed by atoms with Crippen LogP contribution >= 0.6 is 0 Å². The van der Waals surface area contributed by atoms with Crippen LogP contribution < -0.4 is 11.1 Å². The number of Topliss-reactive ketones (excluding diaryl/α,β-unsaturated/α-hetero) is 1. The molecule has 2 aliphatic carbocycles. The molecule has 0 aliphatic heterocycles. The molecule has 2 aliphatic rings. The molecule has 0 heterocycles. The molecule has 3 rings (SSSR count). The van der Waals surface area contributed by atoms with Crippen LogP contribution in [0.2, 0.25) is 0 Å². The average Bonchev–Trinajstić information content (AvgIpc) is 3.25. The van der Waals surface area contributed by atoms with Gasteiger partial charge in [0, 0.05) is 23.5 Å². The van der Waals surface area contributed by atoms with Gasteiger partial charge in [-0.2, -0.15) is 0 Å². The molecule has 1 aromatic rings. The van der Waals surface area contributed by atoms with Gasteiger partial charge in [-0.05, 0) is 68.6 Å². The zero-order chi connectivity index (χ0) is 13.4. The normalized spacial score (nSPS) is 18.6. The summed E-state index contributed by atoms with van der Waals surface area (Å²) in [4.78, 5) is 11.5. The lowest BCUT2D eigenvalue weighted by atomic mass is 9.97. The van der Waals surface area contributed by atoms with Gasteiger partial charge in [0.1, 0.15) is 0 Å². The van der Waals surface area contributed by atoms with Gasteiger partial charge in [0.2, 0.25) is 0 Å². The van der Waals surface area contributed by atoms with Crippen LogP contribution in [0.1, 0.15) is 43.0 Å². The van der Waals surface area contributed by atoms with Gasteiger partial charge in [-0.25, -0.2) is 0 Å². The van der Waals surface area contributed by atoms with Gasteiger partial charge < -0.3 is 11.1 Å². The standard InChI is InChI=1S/C16H22N2O/c1-10(19)14-8-13(6-7-16(14)17)18-9-15(11-2-3-11)12-4-5-12/h6-8,11-12,15,18H,2-5,9,17H2,1H3. The molecule has 0 amide bonds. The van der Waals surface area contributed by atoms with Gasteiger partial charge in [0.05, 0.1) is 0 Å². The lowest BCUT2D eigenvalue weighted by molar-refractivity contribution is 0.101. The average molecular weight is 258 g/mol. The van der Waals surface area contributed by atoms with E-state index in [2.05, 4.69) is 5.32 Å². The molecule has 3 N–H and O–H groups in total.